The van der Waals surface area contributed by atoms with Crippen LogP contribution in [0.2, 0.25) is 0 Å². The lowest BCUT2D eigenvalue weighted by Crippen LogP contribution is -2.38. The Morgan fingerprint density at radius 3 is 2.83 bits per heavy atom. The van der Waals surface area contributed by atoms with Crippen LogP contribution in [0.3, 0.4) is 0 Å². The minimum atomic E-state index is -0.664. The van der Waals surface area contributed by atoms with Crippen LogP contribution in [0.1, 0.15) is 53.9 Å². The summed E-state index contributed by atoms with van der Waals surface area (Å²) < 4.78 is 0. The van der Waals surface area contributed by atoms with Crippen LogP contribution >= 0.6 is 0 Å². The van der Waals surface area contributed by atoms with Crippen LogP contribution in [0.5, 0.6) is 0 Å². The number of aromatic nitrogens is 2. The molecule has 5 nitrogen and oxygen atoms in total. The van der Waals surface area contributed by atoms with Gasteiger partial charge in [0.05, 0.1) is 11.8 Å². The Kier molecular flexibility index (Phi) is 4.71. The van der Waals surface area contributed by atoms with Crippen molar-refractivity contribution >= 4 is 5.91 Å². The Labute approximate surface area is 142 Å². The summed E-state index contributed by atoms with van der Waals surface area (Å²) in [6.45, 7) is 3.62. The number of carbonyl (C=O) groups excluding carboxylic acids is 1. The highest BCUT2D eigenvalue weighted by atomic mass is 16.3. The van der Waals surface area contributed by atoms with Crippen LogP contribution in [-0.4, -0.2) is 32.9 Å². The molecule has 0 saturated carbocycles. The molecule has 24 heavy (non-hydrogen) atoms. The highest BCUT2D eigenvalue weighted by Gasteiger charge is 2.22. The van der Waals surface area contributed by atoms with Crippen LogP contribution in [0.15, 0.2) is 30.5 Å². The highest BCUT2D eigenvalue weighted by Crippen LogP contribution is 2.19. The lowest BCUT2D eigenvalue weighted by atomic mass is 9.93. The second-order valence-electron chi connectivity index (χ2n) is 7.30. The molecule has 1 aromatic carbocycles. The summed E-state index contributed by atoms with van der Waals surface area (Å²) in [6, 6.07) is 7.82. The molecule has 0 saturated heterocycles. The summed E-state index contributed by atoms with van der Waals surface area (Å²) in [6.07, 6.45) is 6.05. The second kappa shape index (κ2) is 6.77. The zero-order chi connectivity index (χ0) is 17.2. The maximum Gasteiger partial charge on any atom is 0.251 e. The summed E-state index contributed by atoms with van der Waals surface area (Å²) in [7, 11) is 0. The predicted octanol–water partition coefficient (Wildman–Crippen LogP) is 2.40. The average molecular weight is 327 g/mol. The Morgan fingerprint density at radius 1 is 1.38 bits per heavy atom. The quantitative estimate of drug-likeness (QED) is 0.789. The molecule has 1 atom stereocenters. The molecule has 0 spiro atoms. The number of benzene rings is 1. The zero-order valence-electron chi connectivity index (χ0n) is 14.3. The zero-order valence-corrected chi connectivity index (χ0v) is 14.3. The Balaban J connectivity index is 1.56. The van der Waals surface area contributed by atoms with Crippen molar-refractivity contribution in [3.8, 4) is 0 Å². The number of hydrogen-bond donors (Lipinski definition) is 3. The molecule has 128 valence electrons. The number of aryl methyl sites for hydroxylation is 2. The van der Waals surface area contributed by atoms with Gasteiger partial charge in [-0.1, -0.05) is 12.1 Å². The normalized spacial score (nSPS) is 17.4. The summed E-state index contributed by atoms with van der Waals surface area (Å²) in [5.41, 5.74) is 3.54. The summed E-state index contributed by atoms with van der Waals surface area (Å²) >= 11 is 0. The van der Waals surface area contributed by atoms with E-state index in [0.717, 1.165) is 31.2 Å². The fraction of sp³-hybridized carbons (Fsp3) is 0.474. The predicted molar refractivity (Wildman–Crippen MR) is 92.9 cm³/mol. The van der Waals surface area contributed by atoms with Gasteiger partial charge in [0.2, 0.25) is 0 Å². The van der Waals surface area contributed by atoms with Gasteiger partial charge in [-0.15, -0.1) is 0 Å². The first-order chi connectivity index (χ1) is 11.4. The molecule has 0 radical (unpaired) electrons. The highest BCUT2D eigenvalue weighted by molar-refractivity contribution is 5.94. The molecule has 0 bridgehead atoms. The van der Waals surface area contributed by atoms with E-state index in [4.69, 9.17) is 0 Å². The molecule has 0 aliphatic heterocycles. The topological polar surface area (TPSA) is 78.0 Å². The summed E-state index contributed by atoms with van der Waals surface area (Å²) in [4.78, 5) is 12.4. The van der Waals surface area contributed by atoms with E-state index in [2.05, 4.69) is 15.5 Å². The third-order valence-corrected chi connectivity index (χ3v) is 4.59. The lowest BCUT2D eigenvalue weighted by molar-refractivity contribution is 0.0713. The largest absolute Gasteiger partial charge is 0.390 e. The van der Waals surface area contributed by atoms with Crippen molar-refractivity contribution in [3.05, 3.63) is 52.8 Å². The van der Waals surface area contributed by atoms with Crippen molar-refractivity contribution in [1.29, 1.82) is 0 Å². The molecule has 1 unspecified atom stereocenters. The van der Waals surface area contributed by atoms with Crippen LogP contribution < -0.4 is 5.32 Å². The van der Waals surface area contributed by atoms with E-state index in [1.54, 1.807) is 0 Å². The monoisotopic (exact) mass is 327 g/mol. The average Bonchev–Trinajstić information content (AvgIpc) is 3.00. The van der Waals surface area contributed by atoms with E-state index in [1.165, 1.54) is 11.3 Å². The third-order valence-electron chi connectivity index (χ3n) is 4.59. The minimum Gasteiger partial charge on any atom is -0.390 e. The van der Waals surface area contributed by atoms with Gasteiger partial charge in [-0.3, -0.25) is 9.89 Å². The van der Waals surface area contributed by atoms with Gasteiger partial charge in [0.1, 0.15) is 0 Å². The molecule has 3 N–H and O–H groups in total. The number of amides is 1. The van der Waals surface area contributed by atoms with E-state index >= 15 is 0 Å². The number of hydrogen-bond acceptors (Lipinski definition) is 3. The number of aliphatic hydroxyl groups is 1. The molecular weight excluding hydrogens is 302 g/mol. The number of rotatable bonds is 5. The molecule has 1 aromatic heterocycles. The molecule has 2 aromatic rings. The SMILES string of the molecule is CC(C)(O)CCc1ccc(C(=O)NC2CCc3[nH]ncc3C2)cc1. The van der Waals surface area contributed by atoms with Crippen LogP contribution in [0.25, 0.3) is 0 Å². The first-order valence-corrected chi connectivity index (χ1v) is 8.54. The van der Waals surface area contributed by atoms with Crippen molar-refractivity contribution in [2.45, 2.75) is 57.6 Å². The maximum atomic E-state index is 12.4. The molecule has 1 aliphatic carbocycles. The molecule has 5 heteroatoms. The van der Waals surface area contributed by atoms with E-state index in [0.29, 0.717) is 12.0 Å². The molecule has 0 fully saturated rings. The van der Waals surface area contributed by atoms with Crippen molar-refractivity contribution in [1.82, 2.24) is 15.5 Å². The van der Waals surface area contributed by atoms with Crippen LogP contribution in [-0.2, 0) is 19.3 Å². The van der Waals surface area contributed by atoms with Crippen molar-refractivity contribution in [3.63, 3.8) is 0 Å². The molecule has 1 amide bonds. The van der Waals surface area contributed by atoms with Crippen LogP contribution in [0.4, 0.5) is 0 Å². The van der Waals surface area contributed by atoms with Crippen LogP contribution in [0, 0.1) is 0 Å². The molecule has 1 aliphatic rings. The van der Waals surface area contributed by atoms with Crippen molar-refractivity contribution in [2.24, 2.45) is 0 Å². The van der Waals surface area contributed by atoms with Gasteiger partial charge < -0.3 is 10.4 Å². The van der Waals surface area contributed by atoms with Gasteiger partial charge in [0.25, 0.3) is 5.91 Å². The fourth-order valence-corrected chi connectivity index (χ4v) is 3.08. The first kappa shape index (κ1) is 16.7. The Bertz CT molecular complexity index is 698. The van der Waals surface area contributed by atoms with Gasteiger partial charge in [-0.2, -0.15) is 5.10 Å². The maximum absolute atomic E-state index is 12.4. The van der Waals surface area contributed by atoms with Gasteiger partial charge in [-0.25, -0.2) is 0 Å². The summed E-state index contributed by atoms with van der Waals surface area (Å²) in [5.74, 6) is -0.0269. The fourth-order valence-electron chi connectivity index (χ4n) is 3.08. The molecule has 1 heterocycles. The third kappa shape index (κ3) is 4.23. The summed E-state index contributed by atoms with van der Waals surface area (Å²) in [5, 5.41) is 20.0. The smallest absolute Gasteiger partial charge is 0.251 e. The Morgan fingerprint density at radius 2 is 2.12 bits per heavy atom. The van der Waals surface area contributed by atoms with Gasteiger partial charge in [0, 0.05) is 17.3 Å². The van der Waals surface area contributed by atoms with Gasteiger partial charge >= 0.3 is 0 Å². The van der Waals surface area contributed by atoms with E-state index in [9.17, 15) is 9.90 Å². The first-order valence-electron chi connectivity index (χ1n) is 8.54. The Hall–Kier alpha value is -2.14. The van der Waals surface area contributed by atoms with Crippen molar-refractivity contribution < 1.29 is 9.90 Å². The molecular formula is C19H25N3O2. The van der Waals surface area contributed by atoms with Gasteiger partial charge in [0.15, 0.2) is 0 Å². The second-order valence-corrected chi connectivity index (χ2v) is 7.30. The molecule has 3 rings (SSSR count). The number of aromatic amines is 1. The number of H-pyrrole nitrogens is 1. The number of fused-ring (bicyclic) bond motifs is 1. The van der Waals surface area contributed by atoms with E-state index < -0.39 is 5.60 Å². The minimum absolute atomic E-state index is 0.0269. The van der Waals surface area contributed by atoms with Gasteiger partial charge in [-0.05, 0) is 69.2 Å². The number of carbonyl (C=O) groups is 1. The lowest BCUT2D eigenvalue weighted by Gasteiger charge is -2.23. The number of nitrogens with one attached hydrogen (secondary N) is 2. The van der Waals surface area contributed by atoms with E-state index in [1.807, 2.05) is 44.3 Å². The van der Waals surface area contributed by atoms with E-state index in [-0.39, 0.29) is 11.9 Å². The van der Waals surface area contributed by atoms with Crippen molar-refractivity contribution in [2.75, 3.05) is 0 Å². The number of nitrogens with zero attached hydrogens (tertiary/aromatic N) is 1. The standard InChI is InChI=1S/C19H25N3O2/c1-19(2,24)10-9-13-3-5-14(6-4-13)18(23)21-16-7-8-17-15(11-16)12-20-22-17/h3-6,12,16,24H,7-11H2,1-2H3,(H,20,22)(H,21,23).